The molecule has 4 N–H and O–H groups in total. The number of pyridine rings is 1. The van der Waals surface area contributed by atoms with Gasteiger partial charge in [0.25, 0.3) is 10.2 Å². The summed E-state index contributed by atoms with van der Waals surface area (Å²) in [5.41, 5.74) is 1.53. The number of hydrogen-bond acceptors (Lipinski definition) is 4. The normalized spacial score (nSPS) is 10.9. The number of benzene rings is 1. The van der Waals surface area contributed by atoms with Crippen molar-refractivity contribution in [1.82, 2.24) is 4.98 Å². The van der Waals surface area contributed by atoms with Gasteiger partial charge in [-0.05, 0) is 29.8 Å². The molecule has 2 rings (SSSR count). The second-order valence-corrected chi connectivity index (χ2v) is 5.61. The molecule has 0 aliphatic rings. The SMILES string of the molecule is NS(=O)(=O)Nc1cccc(NC(=O)Cc2cccnc2)c1. The molecule has 0 unspecified atom stereocenters. The Hall–Kier alpha value is -2.45. The van der Waals surface area contributed by atoms with Crippen LogP contribution in [0, 0.1) is 0 Å². The van der Waals surface area contributed by atoms with E-state index in [2.05, 4.69) is 15.0 Å². The third kappa shape index (κ3) is 5.21. The monoisotopic (exact) mass is 306 g/mol. The molecule has 2 aromatic rings. The van der Waals surface area contributed by atoms with Gasteiger partial charge in [-0.25, -0.2) is 5.14 Å². The second kappa shape index (κ2) is 6.33. The Balaban J connectivity index is 2.02. The van der Waals surface area contributed by atoms with Crippen LogP contribution in [0.3, 0.4) is 0 Å². The van der Waals surface area contributed by atoms with E-state index >= 15 is 0 Å². The van der Waals surface area contributed by atoms with Gasteiger partial charge in [-0.1, -0.05) is 12.1 Å². The van der Waals surface area contributed by atoms with Crippen molar-refractivity contribution in [2.75, 3.05) is 10.0 Å². The molecule has 0 radical (unpaired) electrons. The fraction of sp³-hybridized carbons (Fsp3) is 0.0769. The number of hydrogen-bond donors (Lipinski definition) is 3. The van der Waals surface area contributed by atoms with Gasteiger partial charge in [0.1, 0.15) is 0 Å². The van der Waals surface area contributed by atoms with E-state index in [0.29, 0.717) is 5.69 Å². The second-order valence-electron chi connectivity index (χ2n) is 4.31. The van der Waals surface area contributed by atoms with Crippen LogP contribution in [0.25, 0.3) is 0 Å². The molecule has 1 aromatic carbocycles. The summed E-state index contributed by atoms with van der Waals surface area (Å²) in [6.07, 6.45) is 3.42. The summed E-state index contributed by atoms with van der Waals surface area (Å²) < 4.78 is 24.0. The highest BCUT2D eigenvalue weighted by Crippen LogP contribution is 2.16. The Bertz CT molecular complexity index is 732. The van der Waals surface area contributed by atoms with Crippen LogP contribution >= 0.6 is 0 Å². The number of nitrogens with two attached hydrogens (primary N) is 1. The van der Waals surface area contributed by atoms with Crippen LogP contribution in [0.1, 0.15) is 5.56 Å². The van der Waals surface area contributed by atoms with Crippen LogP contribution in [-0.2, 0) is 21.4 Å². The Labute approximate surface area is 122 Å². The molecule has 1 amide bonds. The number of amides is 1. The van der Waals surface area contributed by atoms with Crippen LogP contribution in [-0.4, -0.2) is 19.3 Å². The zero-order valence-corrected chi connectivity index (χ0v) is 11.8. The first-order chi connectivity index (χ1) is 9.92. The van der Waals surface area contributed by atoms with Crippen molar-refractivity contribution >= 4 is 27.5 Å². The van der Waals surface area contributed by atoms with Gasteiger partial charge in [0, 0.05) is 18.1 Å². The lowest BCUT2D eigenvalue weighted by molar-refractivity contribution is -0.115. The standard InChI is InChI=1S/C13H14N4O3S/c14-21(19,20)17-12-5-1-4-11(8-12)16-13(18)7-10-3-2-6-15-9-10/h1-6,8-9,17H,7H2,(H,16,18)(H2,14,19,20). The molecule has 8 heteroatoms. The van der Waals surface area contributed by atoms with Crippen LogP contribution in [0.15, 0.2) is 48.8 Å². The van der Waals surface area contributed by atoms with E-state index in [4.69, 9.17) is 5.14 Å². The molecule has 0 saturated carbocycles. The third-order valence-electron chi connectivity index (χ3n) is 2.49. The quantitative estimate of drug-likeness (QED) is 0.760. The molecule has 0 spiro atoms. The van der Waals surface area contributed by atoms with Gasteiger partial charge in [0.05, 0.1) is 12.1 Å². The summed E-state index contributed by atoms with van der Waals surface area (Å²) in [5, 5.41) is 7.56. The van der Waals surface area contributed by atoms with E-state index in [-0.39, 0.29) is 18.0 Å². The number of rotatable bonds is 5. The molecule has 7 nitrogen and oxygen atoms in total. The largest absolute Gasteiger partial charge is 0.326 e. The molecule has 0 aliphatic heterocycles. The maximum Gasteiger partial charge on any atom is 0.296 e. The summed E-state index contributed by atoms with van der Waals surface area (Å²) in [4.78, 5) is 15.8. The summed E-state index contributed by atoms with van der Waals surface area (Å²) in [6, 6.07) is 9.81. The Morgan fingerprint density at radius 1 is 1.19 bits per heavy atom. The molecule has 1 aromatic heterocycles. The average Bonchev–Trinajstić information content (AvgIpc) is 2.38. The highest BCUT2D eigenvalue weighted by Gasteiger charge is 2.06. The molecular weight excluding hydrogens is 292 g/mol. The molecule has 21 heavy (non-hydrogen) atoms. The Morgan fingerprint density at radius 3 is 2.62 bits per heavy atom. The van der Waals surface area contributed by atoms with Crippen molar-refractivity contribution < 1.29 is 13.2 Å². The zero-order chi connectivity index (χ0) is 15.3. The third-order valence-corrected chi connectivity index (χ3v) is 3.01. The van der Waals surface area contributed by atoms with Crippen molar-refractivity contribution in [3.63, 3.8) is 0 Å². The van der Waals surface area contributed by atoms with Gasteiger partial charge in [0.15, 0.2) is 0 Å². The van der Waals surface area contributed by atoms with Crippen molar-refractivity contribution in [2.45, 2.75) is 6.42 Å². The van der Waals surface area contributed by atoms with Gasteiger partial charge in [-0.15, -0.1) is 0 Å². The molecule has 0 bridgehead atoms. The van der Waals surface area contributed by atoms with Gasteiger partial charge >= 0.3 is 0 Å². The van der Waals surface area contributed by atoms with Crippen molar-refractivity contribution in [3.8, 4) is 0 Å². The van der Waals surface area contributed by atoms with E-state index in [1.165, 1.54) is 12.1 Å². The Morgan fingerprint density at radius 2 is 1.95 bits per heavy atom. The van der Waals surface area contributed by atoms with Crippen molar-refractivity contribution in [3.05, 3.63) is 54.4 Å². The maximum absolute atomic E-state index is 11.9. The number of aromatic nitrogens is 1. The molecule has 0 fully saturated rings. The van der Waals surface area contributed by atoms with Crippen LogP contribution in [0.4, 0.5) is 11.4 Å². The number of nitrogens with zero attached hydrogens (tertiary/aromatic N) is 1. The van der Waals surface area contributed by atoms with Crippen LogP contribution in [0.2, 0.25) is 0 Å². The smallest absolute Gasteiger partial charge is 0.296 e. The molecule has 1 heterocycles. The molecule has 0 saturated heterocycles. The Kier molecular flexibility index (Phi) is 4.51. The van der Waals surface area contributed by atoms with E-state index in [1.54, 1.807) is 36.7 Å². The van der Waals surface area contributed by atoms with Crippen LogP contribution < -0.4 is 15.2 Å². The van der Waals surface area contributed by atoms with E-state index in [1.807, 2.05) is 0 Å². The first kappa shape index (κ1) is 14.9. The average molecular weight is 306 g/mol. The molecule has 110 valence electrons. The van der Waals surface area contributed by atoms with Gasteiger partial charge in [-0.3, -0.25) is 14.5 Å². The molecule has 0 atom stereocenters. The summed E-state index contributed by atoms with van der Waals surface area (Å²) in [5.74, 6) is -0.226. The van der Waals surface area contributed by atoms with E-state index < -0.39 is 10.2 Å². The lowest BCUT2D eigenvalue weighted by atomic mass is 10.2. The fourth-order valence-electron chi connectivity index (χ4n) is 1.72. The number of carbonyl (C=O) groups excluding carboxylic acids is 1. The maximum atomic E-state index is 11.9. The highest BCUT2D eigenvalue weighted by atomic mass is 32.2. The fourth-order valence-corrected chi connectivity index (χ4v) is 2.17. The van der Waals surface area contributed by atoms with Crippen molar-refractivity contribution in [2.24, 2.45) is 5.14 Å². The lowest BCUT2D eigenvalue weighted by Crippen LogP contribution is -2.21. The zero-order valence-electron chi connectivity index (χ0n) is 11.0. The van der Waals surface area contributed by atoms with Gasteiger partial charge in [-0.2, -0.15) is 8.42 Å². The predicted octanol–water partition coefficient (Wildman–Crippen LogP) is 0.878. The number of nitrogens with one attached hydrogen (secondary N) is 2. The summed E-state index contributed by atoms with van der Waals surface area (Å²) >= 11 is 0. The lowest BCUT2D eigenvalue weighted by Gasteiger charge is -2.08. The minimum absolute atomic E-state index is 0.181. The minimum Gasteiger partial charge on any atom is -0.326 e. The van der Waals surface area contributed by atoms with Gasteiger partial charge in [0.2, 0.25) is 5.91 Å². The topological polar surface area (TPSA) is 114 Å². The first-order valence-electron chi connectivity index (χ1n) is 6.02. The van der Waals surface area contributed by atoms with E-state index in [9.17, 15) is 13.2 Å². The first-order valence-corrected chi connectivity index (χ1v) is 7.56. The summed E-state index contributed by atoms with van der Waals surface area (Å²) in [6.45, 7) is 0. The van der Waals surface area contributed by atoms with Gasteiger partial charge < -0.3 is 5.32 Å². The van der Waals surface area contributed by atoms with E-state index in [0.717, 1.165) is 5.56 Å². The molecular formula is C13H14N4O3S. The minimum atomic E-state index is -3.84. The highest BCUT2D eigenvalue weighted by molar-refractivity contribution is 7.90. The summed E-state index contributed by atoms with van der Waals surface area (Å²) in [7, 11) is -3.84. The van der Waals surface area contributed by atoms with Crippen LogP contribution in [0.5, 0.6) is 0 Å². The molecule has 0 aliphatic carbocycles. The number of anilines is 2. The predicted molar refractivity (Wildman–Crippen MR) is 79.7 cm³/mol. The van der Waals surface area contributed by atoms with Crippen molar-refractivity contribution in [1.29, 1.82) is 0 Å². The number of carbonyl (C=O) groups is 1.